The molecule has 32 heavy (non-hydrogen) atoms. The first-order chi connectivity index (χ1) is 15.5. The zero-order valence-corrected chi connectivity index (χ0v) is 17.0. The molecule has 1 aliphatic heterocycles. The Morgan fingerprint density at radius 1 is 1.22 bits per heavy atom. The van der Waals surface area contributed by atoms with Crippen LogP contribution in [-0.2, 0) is 0 Å². The molecule has 1 saturated heterocycles. The number of hydrogen-bond acceptors (Lipinski definition) is 9. The highest BCUT2D eigenvalue weighted by atomic mass is 19.1. The second-order valence-corrected chi connectivity index (χ2v) is 7.27. The van der Waals surface area contributed by atoms with Crippen LogP contribution in [0.5, 0.6) is 0 Å². The summed E-state index contributed by atoms with van der Waals surface area (Å²) >= 11 is 0. The molecule has 1 fully saturated rings. The third-order valence-corrected chi connectivity index (χ3v) is 5.17. The lowest BCUT2D eigenvalue weighted by Gasteiger charge is -2.32. The number of aromatic nitrogens is 4. The number of carbonyl (C=O) groups excluding carboxylic acids is 1. The van der Waals surface area contributed by atoms with E-state index in [1.165, 1.54) is 18.5 Å². The molecule has 0 radical (unpaired) electrons. The van der Waals surface area contributed by atoms with E-state index in [1.54, 1.807) is 18.3 Å². The average Bonchev–Trinajstić information content (AvgIpc) is 2.80. The molecule has 11 heteroatoms. The molecular formula is C21H20FN9O. The van der Waals surface area contributed by atoms with Gasteiger partial charge in [-0.25, -0.2) is 19.3 Å². The first kappa shape index (κ1) is 21.1. The molecule has 1 amide bonds. The van der Waals surface area contributed by atoms with E-state index in [0.29, 0.717) is 5.82 Å². The smallest absolute Gasteiger partial charge is 0.279 e. The number of pyridine rings is 2. The van der Waals surface area contributed by atoms with E-state index < -0.39 is 11.7 Å². The number of nitrogens with zero attached hydrogens (tertiary/aromatic N) is 6. The summed E-state index contributed by atoms with van der Waals surface area (Å²) in [5, 5.41) is 11.8. The van der Waals surface area contributed by atoms with Gasteiger partial charge in [0.1, 0.15) is 17.5 Å². The molecule has 10 nitrogen and oxygen atoms in total. The molecule has 0 aromatic carbocycles. The zero-order valence-electron chi connectivity index (χ0n) is 17.0. The van der Waals surface area contributed by atoms with Gasteiger partial charge in [0.05, 0.1) is 17.4 Å². The van der Waals surface area contributed by atoms with E-state index >= 15 is 0 Å². The van der Waals surface area contributed by atoms with Crippen molar-refractivity contribution in [3.05, 3.63) is 53.9 Å². The molecule has 4 heterocycles. The molecule has 0 spiro atoms. The van der Waals surface area contributed by atoms with Crippen molar-refractivity contribution in [1.82, 2.24) is 19.9 Å². The van der Waals surface area contributed by atoms with Crippen LogP contribution in [0.4, 0.5) is 21.7 Å². The largest absolute Gasteiger partial charge is 0.382 e. The van der Waals surface area contributed by atoms with Crippen LogP contribution in [0, 0.1) is 17.1 Å². The highest BCUT2D eigenvalue weighted by Gasteiger charge is 2.23. The fraction of sp³-hybridized carbons (Fsp3) is 0.238. The Morgan fingerprint density at radius 2 is 2.00 bits per heavy atom. The number of halogens is 1. The lowest BCUT2D eigenvalue weighted by molar-refractivity contribution is 0.102. The van der Waals surface area contributed by atoms with Crippen molar-refractivity contribution in [2.24, 2.45) is 5.73 Å². The molecule has 4 rings (SSSR count). The lowest BCUT2D eigenvalue weighted by Crippen LogP contribution is -2.40. The Balaban J connectivity index is 1.63. The monoisotopic (exact) mass is 433 g/mol. The van der Waals surface area contributed by atoms with Crippen molar-refractivity contribution in [2.45, 2.75) is 18.9 Å². The van der Waals surface area contributed by atoms with Crippen molar-refractivity contribution in [1.29, 1.82) is 5.26 Å². The summed E-state index contributed by atoms with van der Waals surface area (Å²) in [6.07, 6.45) is 5.71. The molecule has 0 atom stereocenters. The van der Waals surface area contributed by atoms with Gasteiger partial charge in [0.2, 0.25) is 0 Å². The van der Waals surface area contributed by atoms with Crippen molar-refractivity contribution in [3.63, 3.8) is 0 Å². The minimum atomic E-state index is -0.851. The quantitative estimate of drug-likeness (QED) is 0.556. The number of nitrogens with one attached hydrogen (secondary N) is 1. The fourth-order valence-electron chi connectivity index (χ4n) is 3.44. The number of anilines is 3. The van der Waals surface area contributed by atoms with E-state index in [9.17, 15) is 9.18 Å². The van der Waals surface area contributed by atoms with E-state index in [2.05, 4.69) is 30.2 Å². The molecule has 0 unspecified atom stereocenters. The molecule has 3 aromatic rings. The van der Waals surface area contributed by atoms with Gasteiger partial charge in [-0.05, 0) is 31.0 Å². The van der Waals surface area contributed by atoms with Crippen LogP contribution >= 0.6 is 0 Å². The Kier molecular flexibility index (Phi) is 5.87. The standard InChI is InChI=1S/C21H20FN9O/c22-16-12(10-23)3-7-26-17(16)14-11-28-19(25)18(29-14)21(32)30-20-15(2-1-6-27-20)31-8-4-13(24)5-9-31/h1-3,6-7,11,13H,4-5,8-9,24H2,(H2,25,28)(H,27,30,32). The van der Waals surface area contributed by atoms with Gasteiger partial charge in [-0.15, -0.1) is 0 Å². The van der Waals surface area contributed by atoms with Gasteiger partial charge in [0, 0.05) is 31.5 Å². The molecule has 5 N–H and O–H groups in total. The van der Waals surface area contributed by atoms with Gasteiger partial charge in [0.15, 0.2) is 23.1 Å². The predicted molar refractivity (Wildman–Crippen MR) is 116 cm³/mol. The number of piperidine rings is 1. The summed E-state index contributed by atoms with van der Waals surface area (Å²) in [6.45, 7) is 1.49. The van der Waals surface area contributed by atoms with Gasteiger partial charge in [-0.3, -0.25) is 9.78 Å². The summed E-state index contributed by atoms with van der Waals surface area (Å²) in [7, 11) is 0. The Hall–Kier alpha value is -4.17. The molecular weight excluding hydrogens is 413 g/mol. The van der Waals surface area contributed by atoms with Crippen LogP contribution in [0.2, 0.25) is 0 Å². The summed E-state index contributed by atoms with van der Waals surface area (Å²) in [6, 6.07) is 6.78. The van der Waals surface area contributed by atoms with Gasteiger partial charge in [0.25, 0.3) is 5.91 Å². The number of rotatable bonds is 4. The molecule has 0 bridgehead atoms. The topological polar surface area (TPSA) is 160 Å². The third kappa shape index (κ3) is 4.17. The van der Waals surface area contributed by atoms with Gasteiger partial charge in [-0.2, -0.15) is 5.26 Å². The number of nitrogen functional groups attached to an aromatic ring is 1. The second kappa shape index (κ2) is 8.91. The van der Waals surface area contributed by atoms with E-state index in [4.69, 9.17) is 16.7 Å². The van der Waals surface area contributed by atoms with Crippen LogP contribution in [0.25, 0.3) is 11.4 Å². The fourth-order valence-corrected chi connectivity index (χ4v) is 3.44. The summed E-state index contributed by atoms with van der Waals surface area (Å²) in [5.74, 6) is -1.29. The van der Waals surface area contributed by atoms with E-state index in [1.807, 2.05) is 6.07 Å². The van der Waals surface area contributed by atoms with Gasteiger partial charge >= 0.3 is 0 Å². The third-order valence-electron chi connectivity index (χ3n) is 5.17. The predicted octanol–water partition coefficient (Wildman–Crippen LogP) is 1.71. The highest BCUT2D eigenvalue weighted by Crippen LogP contribution is 2.27. The maximum Gasteiger partial charge on any atom is 0.279 e. The molecule has 1 aliphatic rings. The Morgan fingerprint density at radius 3 is 2.75 bits per heavy atom. The zero-order chi connectivity index (χ0) is 22.7. The number of amides is 1. The van der Waals surface area contributed by atoms with Crippen LogP contribution in [-0.4, -0.2) is 45.0 Å². The molecule has 0 aliphatic carbocycles. The number of nitriles is 1. The number of hydrogen-bond donors (Lipinski definition) is 3. The second-order valence-electron chi connectivity index (χ2n) is 7.27. The summed E-state index contributed by atoms with van der Waals surface area (Å²) in [4.78, 5) is 31.4. The first-order valence-corrected chi connectivity index (χ1v) is 9.92. The maximum atomic E-state index is 14.5. The minimum Gasteiger partial charge on any atom is -0.382 e. The highest BCUT2D eigenvalue weighted by molar-refractivity contribution is 6.06. The minimum absolute atomic E-state index is 0.0230. The van der Waals surface area contributed by atoms with Crippen LogP contribution in [0.3, 0.4) is 0 Å². The molecule has 3 aromatic heterocycles. The molecule has 162 valence electrons. The SMILES string of the molecule is N#Cc1ccnc(-c2cnc(N)c(C(=O)Nc3ncccc3N3CCC(N)CC3)n2)c1F. The maximum absolute atomic E-state index is 14.5. The Bertz CT molecular complexity index is 1200. The number of carbonyl (C=O) groups is 1. The van der Waals surface area contributed by atoms with Crippen molar-refractivity contribution in [3.8, 4) is 17.5 Å². The first-order valence-electron chi connectivity index (χ1n) is 9.92. The molecule has 0 saturated carbocycles. The normalized spacial score (nSPS) is 14.1. The average molecular weight is 433 g/mol. The summed E-state index contributed by atoms with van der Waals surface area (Å²) in [5.41, 5.74) is 12.0. The van der Waals surface area contributed by atoms with Crippen LogP contribution in [0.1, 0.15) is 28.9 Å². The van der Waals surface area contributed by atoms with E-state index in [-0.39, 0.29) is 34.5 Å². The van der Waals surface area contributed by atoms with Crippen LogP contribution < -0.4 is 21.7 Å². The van der Waals surface area contributed by atoms with Crippen molar-refractivity contribution in [2.75, 3.05) is 29.0 Å². The van der Waals surface area contributed by atoms with Crippen molar-refractivity contribution >= 4 is 23.2 Å². The van der Waals surface area contributed by atoms with E-state index in [0.717, 1.165) is 31.6 Å². The van der Waals surface area contributed by atoms with Gasteiger partial charge in [-0.1, -0.05) is 0 Å². The van der Waals surface area contributed by atoms with Gasteiger partial charge < -0.3 is 21.7 Å². The van der Waals surface area contributed by atoms with Crippen LogP contribution in [0.15, 0.2) is 36.8 Å². The lowest BCUT2D eigenvalue weighted by atomic mass is 10.1. The Labute approximate surface area is 183 Å². The van der Waals surface area contributed by atoms with Crippen molar-refractivity contribution < 1.29 is 9.18 Å². The number of nitrogens with two attached hydrogens (primary N) is 2. The summed E-state index contributed by atoms with van der Waals surface area (Å²) < 4.78 is 14.5.